The van der Waals surface area contributed by atoms with Gasteiger partial charge in [-0.15, -0.1) is 0 Å². The third-order valence-corrected chi connectivity index (χ3v) is 2.67. The van der Waals surface area contributed by atoms with E-state index in [2.05, 4.69) is 4.98 Å². The SMILES string of the molecule is C[C@@H](O)c1cccc(-c2ccccc2C(N)=O)n1. The minimum atomic E-state index is -0.648. The monoisotopic (exact) mass is 242 g/mol. The fraction of sp³-hybridized carbons (Fsp3) is 0.143. The normalized spacial score (nSPS) is 12.1. The molecule has 1 atom stereocenters. The molecule has 1 aromatic heterocycles. The second-order valence-electron chi connectivity index (χ2n) is 4.03. The van der Waals surface area contributed by atoms with Gasteiger partial charge in [-0.05, 0) is 25.1 Å². The van der Waals surface area contributed by atoms with Crippen molar-refractivity contribution in [1.82, 2.24) is 4.98 Å². The summed E-state index contributed by atoms with van der Waals surface area (Å²) in [6, 6.07) is 12.3. The summed E-state index contributed by atoms with van der Waals surface area (Å²) in [5, 5.41) is 9.52. The van der Waals surface area contributed by atoms with E-state index in [-0.39, 0.29) is 0 Å². The summed E-state index contributed by atoms with van der Waals surface area (Å²) >= 11 is 0. The maximum absolute atomic E-state index is 11.4. The molecule has 0 unspecified atom stereocenters. The molecule has 1 amide bonds. The van der Waals surface area contributed by atoms with Crippen molar-refractivity contribution in [2.24, 2.45) is 5.73 Å². The number of amides is 1. The average Bonchev–Trinajstić information content (AvgIpc) is 2.39. The topological polar surface area (TPSA) is 76.2 Å². The largest absolute Gasteiger partial charge is 0.387 e. The Bertz CT molecular complexity index is 580. The van der Waals surface area contributed by atoms with Crippen molar-refractivity contribution >= 4 is 5.91 Å². The molecule has 0 saturated carbocycles. The lowest BCUT2D eigenvalue weighted by Gasteiger charge is -2.09. The molecule has 0 aliphatic carbocycles. The van der Waals surface area contributed by atoms with Crippen LogP contribution in [0, 0.1) is 0 Å². The highest BCUT2D eigenvalue weighted by Gasteiger charge is 2.11. The molecule has 2 aromatic rings. The molecule has 18 heavy (non-hydrogen) atoms. The average molecular weight is 242 g/mol. The second kappa shape index (κ2) is 4.98. The van der Waals surface area contributed by atoms with E-state index in [1.165, 1.54) is 0 Å². The summed E-state index contributed by atoms with van der Waals surface area (Å²) in [6.07, 6.45) is -0.648. The van der Waals surface area contributed by atoms with E-state index < -0.39 is 12.0 Å². The van der Waals surface area contributed by atoms with Crippen LogP contribution in [0.2, 0.25) is 0 Å². The zero-order chi connectivity index (χ0) is 13.1. The number of hydrogen-bond donors (Lipinski definition) is 2. The standard InChI is InChI=1S/C14H14N2O2/c1-9(17)12-7-4-8-13(16-12)10-5-2-3-6-11(10)14(15)18/h2-9,17H,1H3,(H2,15,18)/t9-/m1/s1. The molecule has 0 aliphatic rings. The highest BCUT2D eigenvalue weighted by Crippen LogP contribution is 2.23. The lowest BCUT2D eigenvalue weighted by molar-refractivity contribution is 0.100. The van der Waals surface area contributed by atoms with Gasteiger partial charge in [-0.2, -0.15) is 0 Å². The third-order valence-electron chi connectivity index (χ3n) is 2.67. The van der Waals surface area contributed by atoms with E-state index in [1.807, 2.05) is 6.07 Å². The first-order valence-corrected chi connectivity index (χ1v) is 5.64. The zero-order valence-electron chi connectivity index (χ0n) is 10.00. The van der Waals surface area contributed by atoms with Crippen molar-refractivity contribution in [3.05, 3.63) is 53.7 Å². The molecule has 4 nitrogen and oxygen atoms in total. The van der Waals surface area contributed by atoms with Gasteiger partial charge < -0.3 is 10.8 Å². The van der Waals surface area contributed by atoms with Crippen LogP contribution in [0.4, 0.5) is 0 Å². The van der Waals surface area contributed by atoms with Crippen molar-refractivity contribution in [3.8, 4) is 11.3 Å². The molecule has 4 heteroatoms. The van der Waals surface area contributed by atoms with E-state index in [1.54, 1.807) is 43.3 Å². The Kier molecular flexibility index (Phi) is 3.39. The highest BCUT2D eigenvalue weighted by molar-refractivity contribution is 5.99. The first-order valence-electron chi connectivity index (χ1n) is 5.64. The maximum Gasteiger partial charge on any atom is 0.249 e. The highest BCUT2D eigenvalue weighted by atomic mass is 16.3. The number of primary amides is 1. The van der Waals surface area contributed by atoms with Gasteiger partial charge >= 0.3 is 0 Å². The fourth-order valence-corrected chi connectivity index (χ4v) is 1.76. The zero-order valence-corrected chi connectivity index (χ0v) is 10.00. The van der Waals surface area contributed by atoms with Gasteiger partial charge in [0.15, 0.2) is 0 Å². The van der Waals surface area contributed by atoms with Gasteiger partial charge in [-0.1, -0.05) is 24.3 Å². The van der Waals surface area contributed by atoms with E-state index in [0.29, 0.717) is 22.5 Å². The number of nitrogens with zero attached hydrogens (tertiary/aromatic N) is 1. The van der Waals surface area contributed by atoms with E-state index >= 15 is 0 Å². The van der Waals surface area contributed by atoms with Gasteiger partial charge in [0.1, 0.15) is 0 Å². The maximum atomic E-state index is 11.4. The minimum absolute atomic E-state index is 0.424. The van der Waals surface area contributed by atoms with Crippen LogP contribution >= 0.6 is 0 Å². The molecular formula is C14H14N2O2. The number of rotatable bonds is 3. The van der Waals surface area contributed by atoms with Crippen molar-refractivity contribution in [2.45, 2.75) is 13.0 Å². The molecule has 0 aliphatic heterocycles. The van der Waals surface area contributed by atoms with Crippen LogP contribution in [0.1, 0.15) is 29.1 Å². The molecule has 0 saturated heterocycles. The number of benzene rings is 1. The molecule has 2 rings (SSSR count). The fourth-order valence-electron chi connectivity index (χ4n) is 1.76. The van der Waals surface area contributed by atoms with Crippen LogP contribution in [0.3, 0.4) is 0 Å². The number of pyridine rings is 1. The number of aliphatic hydroxyl groups is 1. The number of carbonyl (C=O) groups excluding carboxylic acids is 1. The van der Waals surface area contributed by atoms with Crippen LogP contribution < -0.4 is 5.73 Å². The predicted molar refractivity (Wildman–Crippen MR) is 68.8 cm³/mol. The number of aliphatic hydroxyl groups excluding tert-OH is 1. The minimum Gasteiger partial charge on any atom is -0.387 e. The summed E-state index contributed by atoms with van der Waals surface area (Å²) in [5.41, 5.74) is 7.62. The molecule has 1 heterocycles. The summed E-state index contributed by atoms with van der Waals surface area (Å²) in [7, 11) is 0. The van der Waals surface area contributed by atoms with Gasteiger partial charge in [0.25, 0.3) is 0 Å². The number of nitrogens with two attached hydrogens (primary N) is 1. The quantitative estimate of drug-likeness (QED) is 0.863. The molecule has 0 radical (unpaired) electrons. The number of aromatic nitrogens is 1. The van der Waals surface area contributed by atoms with Crippen molar-refractivity contribution in [1.29, 1.82) is 0 Å². The Morgan fingerprint density at radius 3 is 2.61 bits per heavy atom. The first-order chi connectivity index (χ1) is 8.59. The molecule has 0 bridgehead atoms. The summed E-state index contributed by atoms with van der Waals surface area (Å²) < 4.78 is 0. The van der Waals surface area contributed by atoms with Gasteiger partial charge in [-0.25, -0.2) is 0 Å². The van der Waals surface area contributed by atoms with E-state index in [0.717, 1.165) is 0 Å². The van der Waals surface area contributed by atoms with Crippen molar-refractivity contribution in [2.75, 3.05) is 0 Å². The van der Waals surface area contributed by atoms with Crippen molar-refractivity contribution < 1.29 is 9.90 Å². The predicted octanol–water partition coefficient (Wildman–Crippen LogP) is 1.90. The molecule has 0 fully saturated rings. The third kappa shape index (κ3) is 2.38. The number of hydrogen-bond acceptors (Lipinski definition) is 3. The first kappa shape index (κ1) is 12.3. The lowest BCUT2D eigenvalue weighted by atomic mass is 10.0. The Labute approximate surface area is 105 Å². The lowest BCUT2D eigenvalue weighted by Crippen LogP contribution is -2.12. The van der Waals surface area contributed by atoms with E-state index in [4.69, 9.17) is 5.73 Å². The van der Waals surface area contributed by atoms with Gasteiger partial charge in [0.05, 0.1) is 17.5 Å². The summed E-state index contributed by atoms with van der Waals surface area (Å²) in [5.74, 6) is -0.491. The summed E-state index contributed by atoms with van der Waals surface area (Å²) in [6.45, 7) is 1.64. The second-order valence-corrected chi connectivity index (χ2v) is 4.03. The number of carbonyl (C=O) groups is 1. The van der Waals surface area contributed by atoms with Crippen LogP contribution in [0.5, 0.6) is 0 Å². The van der Waals surface area contributed by atoms with Crippen LogP contribution in [0.15, 0.2) is 42.5 Å². The summed E-state index contributed by atoms with van der Waals surface area (Å²) in [4.78, 5) is 15.7. The van der Waals surface area contributed by atoms with Crippen molar-refractivity contribution in [3.63, 3.8) is 0 Å². The Hall–Kier alpha value is -2.20. The molecule has 0 spiro atoms. The molecule has 3 N–H and O–H groups in total. The smallest absolute Gasteiger partial charge is 0.249 e. The van der Waals surface area contributed by atoms with Crippen LogP contribution in [-0.4, -0.2) is 16.0 Å². The molecular weight excluding hydrogens is 228 g/mol. The van der Waals surface area contributed by atoms with Crippen LogP contribution in [-0.2, 0) is 0 Å². The van der Waals surface area contributed by atoms with E-state index in [9.17, 15) is 9.90 Å². The van der Waals surface area contributed by atoms with Gasteiger partial charge in [0.2, 0.25) is 5.91 Å². The Morgan fingerprint density at radius 2 is 1.94 bits per heavy atom. The van der Waals surface area contributed by atoms with Gasteiger partial charge in [-0.3, -0.25) is 9.78 Å². The Balaban J connectivity index is 2.55. The van der Waals surface area contributed by atoms with Gasteiger partial charge in [0, 0.05) is 11.1 Å². The Morgan fingerprint density at radius 1 is 1.22 bits per heavy atom. The molecule has 1 aromatic carbocycles. The molecule has 92 valence electrons. The van der Waals surface area contributed by atoms with Crippen LogP contribution in [0.25, 0.3) is 11.3 Å².